The van der Waals surface area contributed by atoms with Gasteiger partial charge in [0.1, 0.15) is 17.0 Å². The molecule has 7 heteroatoms. The zero-order valence-corrected chi connectivity index (χ0v) is 14.6. The third kappa shape index (κ3) is 5.42. The highest BCUT2D eigenvalue weighted by molar-refractivity contribution is 5.81. The number of phenolic OH excluding ortho intramolecular Hbond substituents is 2. The van der Waals surface area contributed by atoms with Gasteiger partial charge in [-0.15, -0.1) is 0 Å². The van der Waals surface area contributed by atoms with Crippen LogP contribution in [0.1, 0.15) is 40.2 Å². The Morgan fingerprint density at radius 1 is 1.12 bits per heavy atom. The van der Waals surface area contributed by atoms with Gasteiger partial charge in [-0.3, -0.25) is 4.79 Å². The van der Waals surface area contributed by atoms with Crippen molar-refractivity contribution in [2.75, 3.05) is 0 Å². The number of nitrogens with two attached hydrogens (primary N) is 1. The summed E-state index contributed by atoms with van der Waals surface area (Å²) in [5, 5.41) is 19.3. The molecule has 0 radical (unpaired) electrons. The smallest absolute Gasteiger partial charge is 0.329 e. The molecule has 4 N–H and O–H groups in total. The monoisotopic (exact) mass is 339 g/mol. The fraction of sp³-hybridized carbons (Fsp3) is 0.529. The molecule has 1 aromatic carbocycles. The van der Waals surface area contributed by atoms with Crippen molar-refractivity contribution < 1.29 is 29.3 Å². The first-order valence-electron chi connectivity index (χ1n) is 7.55. The first-order valence-corrected chi connectivity index (χ1v) is 7.55. The van der Waals surface area contributed by atoms with Crippen molar-refractivity contribution in [3.05, 3.63) is 23.8 Å². The first-order chi connectivity index (χ1) is 10.8. The molecule has 0 aromatic heterocycles. The molecule has 1 unspecified atom stereocenters. The number of esters is 2. The predicted octanol–water partition coefficient (Wildman–Crippen LogP) is 1.84. The normalized spacial score (nSPS) is 15.2. The molecule has 0 spiro atoms. The van der Waals surface area contributed by atoms with E-state index in [1.807, 2.05) is 0 Å². The van der Waals surface area contributed by atoms with Gasteiger partial charge < -0.3 is 25.4 Å². The summed E-state index contributed by atoms with van der Waals surface area (Å²) in [6, 6.07) is 3.94. The molecule has 2 atom stereocenters. The highest BCUT2D eigenvalue weighted by atomic mass is 16.7. The molecule has 0 aliphatic rings. The zero-order valence-electron chi connectivity index (χ0n) is 14.6. The second kappa shape index (κ2) is 7.09. The minimum absolute atomic E-state index is 0.0561. The predicted molar refractivity (Wildman–Crippen MR) is 87.2 cm³/mol. The molecule has 134 valence electrons. The van der Waals surface area contributed by atoms with Crippen LogP contribution in [-0.4, -0.2) is 34.0 Å². The van der Waals surface area contributed by atoms with Gasteiger partial charge in [-0.2, -0.15) is 0 Å². The van der Waals surface area contributed by atoms with Crippen LogP contribution in [0.2, 0.25) is 0 Å². The number of ether oxygens (including phenoxy) is 2. The van der Waals surface area contributed by atoms with Crippen LogP contribution in [0.15, 0.2) is 18.2 Å². The summed E-state index contributed by atoms with van der Waals surface area (Å²) < 4.78 is 10.1. The molecule has 1 aromatic rings. The molecule has 0 aliphatic heterocycles. The Morgan fingerprint density at radius 3 is 2.21 bits per heavy atom. The summed E-state index contributed by atoms with van der Waals surface area (Å²) >= 11 is 0. The second-order valence-corrected chi connectivity index (χ2v) is 7.04. The van der Waals surface area contributed by atoms with Gasteiger partial charge >= 0.3 is 11.9 Å². The summed E-state index contributed by atoms with van der Waals surface area (Å²) in [6.45, 7) is 7.89. The molecule has 0 bridgehead atoms. The largest absolute Gasteiger partial charge is 0.508 e. The summed E-state index contributed by atoms with van der Waals surface area (Å²) in [4.78, 5) is 24.0. The van der Waals surface area contributed by atoms with Crippen molar-refractivity contribution in [1.82, 2.24) is 0 Å². The van der Waals surface area contributed by atoms with Crippen LogP contribution in [0, 0.1) is 5.41 Å². The molecular weight excluding hydrogens is 314 g/mol. The molecule has 1 rings (SSSR count). The van der Waals surface area contributed by atoms with Crippen LogP contribution >= 0.6 is 0 Å². The van der Waals surface area contributed by atoms with E-state index in [0.717, 1.165) is 0 Å². The van der Waals surface area contributed by atoms with Crippen LogP contribution in [0.4, 0.5) is 0 Å². The maximum absolute atomic E-state index is 12.2. The SMILES string of the molecule is C[C@@H](OC(=O)C(C)(C)C)OC(=O)C(C)(N)Cc1cc(O)ccc1O. The van der Waals surface area contributed by atoms with Crippen molar-refractivity contribution in [2.24, 2.45) is 11.1 Å². The van der Waals surface area contributed by atoms with Crippen LogP contribution in [0.5, 0.6) is 11.5 Å². The summed E-state index contributed by atoms with van der Waals surface area (Å²) in [5.74, 6) is -1.45. The van der Waals surface area contributed by atoms with E-state index < -0.39 is 29.2 Å². The van der Waals surface area contributed by atoms with Gasteiger partial charge in [-0.1, -0.05) is 0 Å². The van der Waals surface area contributed by atoms with E-state index in [9.17, 15) is 19.8 Å². The summed E-state index contributed by atoms with van der Waals surface area (Å²) in [7, 11) is 0. The van der Waals surface area contributed by atoms with Gasteiger partial charge in [-0.25, -0.2) is 4.79 Å². The highest BCUT2D eigenvalue weighted by Crippen LogP contribution is 2.26. The quantitative estimate of drug-likeness (QED) is 0.425. The number of benzene rings is 1. The molecule has 0 saturated carbocycles. The van der Waals surface area contributed by atoms with Gasteiger partial charge in [0.2, 0.25) is 6.29 Å². The van der Waals surface area contributed by atoms with Crippen LogP contribution in [-0.2, 0) is 25.5 Å². The second-order valence-electron chi connectivity index (χ2n) is 7.04. The Kier molecular flexibility index (Phi) is 5.84. The van der Waals surface area contributed by atoms with E-state index in [2.05, 4.69) is 0 Å². The number of hydrogen-bond donors (Lipinski definition) is 3. The molecule has 0 saturated heterocycles. The third-order valence-electron chi connectivity index (χ3n) is 3.25. The lowest BCUT2D eigenvalue weighted by Crippen LogP contribution is -2.49. The third-order valence-corrected chi connectivity index (χ3v) is 3.25. The maximum atomic E-state index is 12.2. The van der Waals surface area contributed by atoms with Gasteiger partial charge in [0, 0.05) is 13.3 Å². The topological polar surface area (TPSA) is 119 Å². The molecule has 0 fully saturated rings. The molecule has 0 amide bonds. The van der Waals surface area contributed by atoms with Crippen LogP contribution < -0.4 is 5.73 Å². The number of aromatic hydroxyl groups is 2. The Balaban J connectivity index is 2.74. The average molecular weight is 339 g/mol. The van der Waals surface area contributed by atoms with Crippen molar-refractivity contribution in [2.45, 2.75) is 52.9 Å². The highest BCUT2D eigenvalue weighted by Gasteiger charge is 2.34. The molecule has 0 heterocycles. The summed E-state index contributed by atoms with van der Waals surface area (Å²) in [6.07, 6.45) is -1.16. The van der Waals surface area contributed by atoms with E-state index in [1.54, 1.807) is 20.8 Å². The fourth-order valence-electron chi connectivity index (χ4n) is 1.82. The first kappa shape index (κ1) is 19.8. The number of hydrogen-bond acceptors (Lipinski definition) is 7. The Hall–Kier alpha value is -2.28. The zero-order chi connectivity index (χ0) is 18.7. The minimum Gasteiger partial charge on any atom is -0.508 e. The molecule has 24 heavy (non-hydrogen) atoms. The van der Waals surface area contributed by atoms with E-state index in [1.165, 1.54) is 32.0 Å². The number of phenols is 2. The van der Waals surface area contributed by atoms with E-state index in [0.29, 0.717) is 5.56 Å². The fourth-order valence-corrected chi connectivity index (χ4v) is 1.82. The number of rotatable bonds is 5. The average Bonchev–Trinajstić information content (AvgIpc) is 2.41. The Labute approximate surface area is 141 Å². The van der Waals surface area contributed by atoms with Crippen molar-refractivity contribution in [3.63, 3.8) is 0 Å². The molecule has 0 aliphatic carbocycles. The van der Waals surface area contributed by atoms with Crippen LogP contribution in [0.3, 0.4) is 0 Å². The van der Waals surface area contributed by atoms with E-state index in [-0.39, 0.29) is 17.9 Å². The lowest BCUT2D eigenvalue weighted by molar-refractivity contribution is -0.193. The lowest BCUT2D eigenvalue weighted by atomic mass is 9.93. The van der Waals surface area contributed by atoms with Crippen molar-refractivity contribution in [1.29, 1.82) is 0 Å². The maximum Gasteiger partial charge on any atom is 0.329 e. The van der Waals surface area contributed by atoms with Crippen LogP contribution in [0.25, 0.3) is 0 Å². The number of carbonyl (C=O) groups is 2. The standard InChI is InChI=1S/C17H25NO6/c1-10(23-14(21)16(2,3)4)24-15(22)17(5,18)9-11-8-12(19)6-7-13(11)20/h6-8,10,19-20H,9,18H2,1-5H3/t10-,17?/m0/s1. The van der Waals surface area contributed by atoms with Gasteiger partial charge in [0.05, 0.1) is 5.41 Å². The molecule has 7 nitrogen and oxygen atoms in total. The minimum atomic E-state index is -1.48. The summed E-state index contributed by atoms with van der Waals surface area (Å²) in [5.41, 5.74) is 4.07. The van der Waals surface area contributed by atoms with E-state index >= 15 is 0 Å². The molecular formula is C17H25NO6. The Morgan fingerprint density at radius 2 is 1.67 bits per heavy atom. The number of carbonyl (C=O) groups excluding carboxylic acids is 2. The van der Waals surface area contributed by atoms with Gasteiger partial charge in [0.25, 0.3) is 0 Å². The Bertz CT molecular complexity index is 618. The lowest BCUT2D eigenvalue weighted by Gasteiger charge is -2.26. The van der Waals surface area contributed by atoms with Gasteiger partial charge in [0.15, 0.2) is 0 Å². The van der Waals surface area contributed by atoms with E-state index in [4.69, 9.17) is 15.2 Å². The van der Waals surface area contributed by atoms with Crippen molar-refractivity contribution in [3.8, 4) is 11.5 Å². The van der Waals surface area contributed by atoms with Crippen molar-refractivity contribution >= 4 is 11.9 Å². The van der Waals surface area contributed by atoms with Gasteiger partial charge in [-0.05, 0) is 51.5 Å².